The minimum Gasteiger partial charge on any atom is -0.355 e. The SMILES string of the molecule is Cc1cc(S(=O)(=O)N2CCCC(C(=O)NCCN)C2)ccc1F. The van der Waals surface area contributed by atoms with Crippen molar-refractivity contribution in [2.75, 3.05) is 26.2 Å². The van der Waals surface area contributed by atoms with Crippen LogP contribution < -0.4 is 11.1 Å². The first kappa shape index (κ1) is 17.8. The van der Waals surface area contributed by atoms with Crippen molar-refractivity contribution in [1.82, 2.24) is 9.62 Å². The van der Waals surface area contributed by atoms with Crippen LogP contribution in [0.2, 0.25) is 0 Å². The Hall–Kier alpha value is -1.51. The van der Waals surface area contributed by atoms with Gasteiger partial charge < -0.3 is 11.1 Å². The largest absolute Gasteiger partial charge is 0.355 e. The van der Waals surface area contributed by atoms with Gasteiger partial charge in [0.1, 0.15) is 5.82 Å². The van der Waals surface area contributed by atoms with Crippen molar-refractivity contribution in [3.63, 3.8) is 0 Å². The van der Waals surface area contributed by atoms with E-state index in [1.54, 1.807) is 0 Å². The molecular weight excluding hydrogens is 321 g/mol. The molecule has 1 amide bonds. The van der Waals surface area contributed by atoms with Crippen LogP contribution in [0.4, 0.5) is 4.39 Å². The molecule has 0 saturated carbocycles. The summed E-state index contributed by atoms with van der Waals surface area (Å²) in [5.74, 6) is -1.00. The lowest BCUT2D eigenvalue weighted by molar-refractivity contribution is -0.126. The highest BCUT2D eigenvalue weighted by atomic mass is 32.2. The first-order valence-electron chi connectivity index (χ1n) is 7.60. The third kappa shape index (κ3) is 4.07. The van der Waals surface area contributed by atoms with Gasteiger partial charge in [0.2, 0.25) is 15.9 Å². The van der Waals surface area contributed by atoms with Crippen LogP contribution in [-0.2, 0) is 14.8 Å². The van der Waals surface area contributed by atoms with Gasteiger partial charge in [0.15, 0.2) is 0 Å². The highest BCUT2D eigenvalue weighted by Crippen LogP contribution is 2.25. The van der Waals surface area contributed by atoms with Gasteiger partial charge in [-0.1, -0.05) is 0 Å². The highest BCUT2D eigenvalue weighted by molar-refractivity contribution is 7.89. The van der Waals surface area contributed by atoms with Crippen molar-refractivity contribution < 1.29 is 17.6 Å². The number of hydrogen-bond acceptors (Lipinski definition) is 4. The summed E-state index contributed by atoms with van der Waals surface area (Å²) in [7, 11) is -3.73. The van der Waals surface area contributed by atoms with Crippen LogP contribution >= 0.6 is 0 Å². The quantitative estimate of drug-likeness (QED) is 0.819. The van der Waals surface area contributed by atoms with E-state index in [2.05, 4.69) is 5.32 Å². The van der Waals surface area contributed by atoms with Crippen LogP contribution in [0.5, 0.6) is 0 Å². The molecule has 1 aliphatic rings. The Morgan fingerprint density at radius 1 is 1.48 bits per heavy atom. The lowest BCUT2D eigenvalue weighted by Crippen LogP contribution is -2.46. The summed E-state index contributed by atoms with van der Waals surface area (Å²) >= 11 is 0. The fourth-order valence-electron chi connectivity index (χ4n) is 2.64. The summed E-state index contributed by atoms with van der Waals surface area (Å²) in [5.41, 5.74) is 5.63. The molecule has 1 atom stereocenters. The van der Waals surface area contributed by atoms with Gasteiger partial charge in [-0.3, -0.25) is 4.79 Å². The monoisotopic (exact) mass is 343 g/mol. The van der Waals surface area contributed by atoms with Gasteiger partial charge in [0, 0.05) is 26.2 Å². The minimum absolute atomic E-state index is 0.0550. The molecule has 0 bridgehead atoms. The molecule has 1 unspecified atom stereocenters. The van der Waals surface area contributed by atoms with Crippen LogP contribution in [0.1, 0.15) is 18.4 Å². The Labute approximate surface area is 135 Å². The van der Waals surface area contributed by atoms with E-state index in [1.807, 2.05) is 0 Å². The normalized spacial score (nSPS) is 19.5. The second-order valence-corrected chi connectivity index (χ2v) is 7.63. The van der Waals surface area contributed by atoms with Crippen molar-refractivity contribution >= 4 is 15.9 Å². The predicted molar refractivity (Wildman–Crippen MR) is 84.7 cm³/mol. The maximum Gasteiger partial charge on any atom is 0.243 e. The summed E-state index contributed by atoms with van der Waals surface area (Å²) in [5, 5.41) is 2.70. The Balaban J connectivity index is 2.16. The number of nitrogens with one attached hydrogen (secondary N) is 1. The Morgan fingerprint density at radius 2 is 2.22 bits per heavy atom. The number of benzene rings is 1. The van der Waals surface area contributed by atoms with E-state index < -0.39 is 15.8 Å². The number of nitrogens with zero attached hydrogens (tertiary/aromatic N) is 1. The van der Waals surface area contributed by atoms with Crippen LogP contribution in [0.3, 0.4) is 0 Å². The number of sulfonamides is 1. The summed E-state index contributed by atoms with van der Waals surface area (Å²) in [6.45, 7) is 2.73. The highest BCUT2D eigenvalue weighted by Gasteiger charge is 2.33. The number of hydrogen-bond donors (Lipinski definition) is 2. The molecule has 0 spiro atoms. The van der Waals surface area contributed by atoms with E-state index in [0.29, 0.717) is 32.5 Å². The number of aryl methyl sites for hydroxylation is 1. The summed E-state index contributed by atoms with van der Waals surface area (Å²) in [4.78, 5) is 12.1. The first-order valence-corrected chi connectivity index (χ1v) is 9.04. The van der Waals surface area contributed by atoms with E-state index in [-0.39, 0.29) is 28.8 Å². The van der Waals surface area contributed by atoms with Gasteiger partial charge >= 0.3 is 0 Å². The fraction of sp³-hybridized carbons (Fsp3) is 0.533. The standard InChI is InChI=1S/C15H22FN3O3S/c1-11-9-13(4-5-14(11)16)23(21,22)19-8-2-3-12(10-19)15(20)18-7-6-17/h4-5,9,12H,2-3,6-8,10,17H2,1H3,(H,18,20). The van der Waals surface area contributed by atoms with Crippen molar-refractivity contribution in [3.05, 3.63) is 29.6 Å². The maximum absolute atomic E-state index is 13.3. The Morgan fingerprint density at radius 3 is 2.87 bits per heavy atom. The number of nitrogens with two attached hydrogens (primary N) is 1. The molecule has 2 rings (SSSR count). The lowest BCUT2D eigenvalue weighted by atomic mass is 9.99. The Bertz CT molecular complexity index is 679. The third-order valence-electron chi connectivity index (χ3n) is 3.97. The van der Waals surface area contributed by atoms with Gasteiger partial charge in [-0.25, -0.2) is 12.8 Å². The number of carbonyl (C=O) groups is 1. The van der Waals surface area contributed by atoms with Crippen molar-refractivity contribution in [1.29, 1.82) is 0 Å². The molecule has 1 fully saturated rings. The molecule has 1 heterocycles. The van der Waals surface area contributed by atoms with Crippen LogP contribution in [0.15, 0.2) is 23.1 Å². The smallest absolute Gasteiger partial charge is 0.243 e. The van der Waals surface area contributed by atoms with E-state index in [4.69, 9.17) is 5.73 Å². The molecule has 8 heteroatoms. The number of piperidine rings is 1. The van der Waals surface area contributed by atoms with Gasteiger partial charge in [-0.2, -0.15) is 4.31 Å². The molecule has 1 aromatic rings. The van der Waals surface area contributed by atoms with Crippen molar-refractivity contribution in [2.45, 2.75) is 24.7 Å². The van der Waals surface area contributed by atoms with Gasteiger partial charge in [-0.15, -0.1) is 0 Å². The average molecular weight is 343 g/mol. The Kier molecular flexibility index (Phi) is 5.72. The molecule has 0 aliphatic carbocycles. The second kappa shape index (κ2) is 7.37. The number of rotatable bonds is 5. The minimum atomic E-state index is -3.73. The molecule has 0 aromatic heterocycles. The van der Waals surface area contributed by atoms with E-state index in [9.17, 15) is 17.6 Å². The summed E-state index contributed by atoms with van der Waals surface area (Å²) < 4.78 is 40.0. The summed E-state index contributed by atoms with van der Waals surface area (Å²) in [6.07, 6.45) is 1.25. The number of carbonyl (C=O) groups excluding carboxylic acids is 1. The van der Waals surface area contributed by atoms with Gasteiger partial charge in [-0.05, 0) is 43.5 Å². The lowest BCUT2D eigenvalue weighted by Gasteiger charge is -2.31. The molecule has 3 N–H and O–H groups in total. The van der Waals surface area contributed by atoms with Crippen molar-refractivity contribution in [3.8, 4) is 0 Å². The molecule has 1 aromatic carbocycles. The zero-order valence-corrected chi connectivity index (χ0v) is 13.9. The van der Waals surface area contributed by atoms with Crippen LogP contribution in [0.25, 0.3) is 0 Å². The van der Waals surface area contributed by atoms with Crippen LogP contribution in [-0.4, -0.2) is 44.8 Å². The molecule has 23 heavy (non-hydrogen) atoms. The topological polar surface area (TPSA) is 92.5 Å². The molecule has 1 saturated heterocycles. The van der Waals surface area contributed by atoms with Crippen molar-refractivity contribution in [2.24, 2.45) is 11.7 Å². The average Bonchev–Trinajstić information content (AvgIpc) is 2.55. The van der Waals surface area contributed by atoms with Crippen LogP contribution in [0, 0.1) is 18.7 Å². The predicted octanol–water partition coefficient (Wildman–Crippen LogP) is 0.610. The zero-order chi connectivity index (χ0) is 17.0. The van der Waals surface area contributed by atoms with Gasteiger partial charge in [0.05, 0.1) is 10.8 Å². The van der Waals surface area contributed by atoms with E-state index in [0.717, 1.165) is 6.07 Å². The molecule has 6 nitrogen and oxygen atoms in total. The first-order chi connectivity index (χ1) is 10.9. The zero-order valence-electron chi connectivity index (χ0n) is 13.1. The third-order valence-corrected chi connectivity index (χ3v) is 5.83. The van der Waals surface area contributed by atoms with E-state index in [1.165, 1.54) is 23.4 Å². The second-order valence-electron chi connectivity index (χ2n) is 5.69. The number of halogens is 1. The molecule has 0 radical (unpaired) electrons. The molecular formula is C15H22FN3O3S. The molecule has 1 aliphatic heterocycles. The van der Waals surface area contributed by atoms with E-state index >= 15 is 0 Å². The fourth-order valence-corrected chi connectivity index (χ4v) is 4.25. The molecule has 128 valence electrons. The van der Waals surface area contributed by atoms with Gasteiger partial charge in [0.25, 0.3) is 0 Å². The summed E-state index contributed by atoms with van der Waals surface area (Å²) in [6, 6.07) is 3.73. The number of amides is 1. The maximum atomic E-state index is 13.3.